The number of piperidine rings is 1. The molecule has 0 spiro atoms. The molecular formula is C11H23ClN2S. The fourth-order valence-electron chi connectivity index (χ4n) is 2.49. The molecule has 2 rings (SSSR count). The quantitative estimate of drug-likeness (QED) is 0.805. The van der Waals surface area contributed by atoms with Gasteiger partial charge in [-0.05, 0) is 31.8 Å². The van der Waals surface area contributed by atoms with E-state index in [9.17, 15) is 0 Å². The third kappa shape index (κ3) is 4.51. The Balaban J connectivity index is 0.00000112. The molecule has 0 aromatic carbocycles. The van der Waals surface area contributed by atoms with Crippen LogP contribution in [0.4, 0.5) is 0 Å². The molecule has 0 bridgehead atoms. The average Bonchev–Trinajstić information content (AvgIpc) is 2.19. The predicted molar refractivity (Wildman–Crippen MR) is 71.2 cm³/mol. The molecule has 1 unspecified atom stereocenters. The van der Waals surface area contributed by atoms with Gasteiger partial charge in [0.05, 0.1) is 0 Å². The van der Waals surface area contributed by atoms with Gasteiger partial charge in [-0.3, -0.25) is 0 Å². The molecule has 2 heterocycles. The first kappa shape index (κ1) is 13.6. The molecule has 2 aliphatic rings. The lowest BCUT2D eigenvalue weighted by Gasteiger charge is -2.34. The molecule has 1 N–H and O–H groups in total. The van der Waals surface area contributed by atoms with Gasteiger partial charge in [0.2, 0.25) is 0 Å². The summed E-state index contributed by atoms with van der Waals surface area (Å²) in [6.45, 7) is 8.82. The summed E-state index contributed by atoms with van der Waals surface area (Å²) in [6.07, 6.45) is 2.77. The monoisotopic (exact) mass is 250 g/mol. The van der Waals surface area contributed by atoms with E-state index in [1.165, 1.54) is 51.3 Å². The lowest BCUT2D eigenvalue weighted by molar-refractivity contribution is 0.213. The molecule has 0 aliphatic carbocycles. The molecule has 4 heteroatoms. The average molecular weight is 251 g/mol. The van der Waals surface area contributed by atoms with E-state index >= 15 is 0 Å². The van der Waals surface area contributed by atoms with Crippen LogP contribution >= 0.6 is 24.2 Å². The minimum atomic E-state index is 0. The molecule has 0 aromatic rings. The molecule has 2 aliphatic heterocycles. The third-order valence-corrected chi connectivity index (χ3v) is 4.44. The SMILES string of the molecule is CC1CN(CC2CCNCC2)CCS1.Cl. The Bertz CT molecular complexity index is 174. The summed E-state index contributed by atoms with van der Waals surface area (Å²) >= 11 is 2.13. The van der Waals surface area contributed by atoms with Gasteiger partial charge in [0.25, 0.3) is 0 Å². The van der Waals surface area contributed by atoms with Crippen molar-refractivity contribution in [1.82, 2.24) is 10.2 Å². The Morgan fingerprint density at radius 2 is 2.07 bits per heavy atom. The second-order valence-electron chi connectivity index (χ2n) is 4.63. The minimum absolute atomic E-state index is 0. The fraction of sp³-hybridized carbons (Fsp3) is 1.00. The molecule has 0 amide bonds. The van der Waals surface area contributed by atoms with Crippen LogP contribution in [0.2, 0.25) is 0 Å². The van der Waals surface area contributed by atoms with Crippen molar-refractivity contribution in [2.45, 2.75) is 25.0 Å². The maximum atomic E-state index is 3.44. The zero-order valence-corrected chi connectivity index (χ0v) is 11.2. The maximum absolute atomic E-state index is 3.44. The summed E-state index contributed by atoms with van der Waals surface area (Å²) in [7, 11) is 0. The highest BCUT2D eigenvalue weighted by molar-refractivity contribution is 7.99. The number of hydrogen-bond donors (Lipinski definition) is 1. The normalized spacial score (nSPS) is 29.8. The lowest BCUT2D eigenvalue weighted by Crippen LogP contribution is -2.42. The van der Waals surface area contributed by atoms with Gasteiger partial charge in [0.15, 0.2) is 0 Å². The first-order chi connectivity index (χ1) is 6.84. The highest BCUT2D eigenvalue weighted by Gasteiger charge is 2.21. The number of nitrogens with one attached hydrogen (secondary N) is 1. The van der Waals surface area contributed by atoms with Gasteiger partial charge in [-0.15, -0.1) is 12.4 Å². The maximum Gasteiger partial charge on any atom is 0.0147 e. The highest BCUT2D eigenvalue weighted by atomic mass is 35.5. The summed E-state index contributed by atoms with van der Waals surface area (Å²) in [4.78, 5) is 2.68. The highest BCUT2D eigenvalue weighted by Crippen LogP contribution is 2.20. The van der Waals surface area contributed by atoms with Crippen LogP contribution in [0.3, 0.4) is 0 Å². The van der Waals surface area contributed by atoms with Gasteiger partial charge in [-0.1, -0.05) is 6.92 Å². The van der Waals surface area contributed by atoms with Crippen molar-refractivity contribution in [2.24, 2.45) is 5.92 Å². The zero-order valence-electron chi connectivity index (χ0n) is 9.58. The van der Waals surface area contributed by atoms with Gasteiger partial charge in [-0.25, -0.2) is 0 Å². The van der Waals surface area contributed by atoms with Crippen molar-refractivity contribution in [3.8, 4) is 0 Å². The van der Waals surface area contributed by atoms with Crippen molar-refractivity contribution in [3.05, 3.63) is 0 Å². The summed E-state index contributed by atoms with van der Waals surface area (Å²) < 4.78 is 0. The van der Waals surface area contributed by atoms with Gasteiger partial charge in [-0.2, -0.15) is 11.8 Å². The lowest BCUT2D eigenvalue weighted by atomic mass is 9.97. The van der Waals surface area contributed by atoms with Crippen LogP contribution < -0.4 is 5.32 Å². The van der Waals surface area contributed by atoms with Crippen molar-refractivity contribution in [3.63, 3.8) is 0 Å². The fourth-order valence-corrected chi connectivity index (χ4v) is 3.57. The second-order valence-corrected chi connectivity index (χ2v) is 6.18. The van der Waals surface area contributed by atoms with Crippen molar-refractivity contribution < 1.29 is 0 Å². The van der Waals surface area contributed by atoms with Crippen LogP contribution in [0.15, 0.2) is 0 Å². The zero-order chi connectivity index (χ0) is 9.80. The van der Waals surface area contributed by atoms with E-state index in [1.54, 1.807) is 0 Å². The van der Waals surface area contributed by atoms with Gasteiger partial charge >= 0.3 is 0 Å². The number of hydrogen-bond acceptors (Lipinski definition) is 3. The molecular weight excluding hydrogens is 228 g/mol. The van der Waals surface area contributed by atoms with Crippen LogP contribution in [-0.4, -0.2) is 48.6 Å². The Morgan fingerprint density at radius 3 is 2.73 bits per heavy atom. The molecule has 0 saturated carbocycles. The summed E-state index contributed by atoms with van der Waals surface area (Å²) in [5.41, 5.74) is 0. The standard InChI is InChI=1S/C11H22N2S.ClH/c1-10-8-13(6-7-14-10)9-11-2-4-12-5-3-11;/h10-12H,2-9H2,1H3;1H. The third-order valence-electron chi connectivity index (χ3n) is 3.30. The van der Waals surface area contributed by atoms with Crippen LogP contribution in [0.25, 0.3) is 0 Å². The predicted octanol–water partition coefficient (Wildman–Crippen LogP) is 1.85. The van der Waals surface area contributed by atoms with E-state index in [1.807, 2.05) is 0 Å². The Kier molecular flexibility index (Phi) is 6.36. The van der Waals surface area contributed by atoms with Gasteiger partial charge < -0.3 is 10.2 Å². The first-order valence-corrected chi connectivity index (χ1v) is 6.94. The molecule has 90 valence electrons. The van der Waals surface area contributed by atoms with E-state index < -0.39 is 0 Å². The topological polar surface area (TPSA) is 15.3 Å². The van der Waals surface area contributed by atoms with Crippen LogP contribution in [0.1, 0.15) is 19.8 Å². The second kappa shape index (κ2) is 7.00. The van der Waals surface area contributed by atoms with Crippen LogP contribution in [0, 0.1) is 5.92 Å². The van der Waals surface area contributed by atoms with Gasteiger partial charge in [0.1, 0.15) is 0 Å². The van der Waals surface area contributed by atoms with Gasteiger partial charge in [0, 0.05) is 30.6 Å². The Labute approximate surface area is 104 Å². The summed E-state index contributed by atoms with van der Waals surface area (Å²) in [6, 6.07) is 0. The molecule has 0 radical (unpaired) electrons. The van der Waals surface area contributed by atoms with Crippen molar-refractivity contribution >= 4 is 24.2 Å². The molecule has 0 aromatic heterocycles. The van der Waals surface area contributed by atoms with Crippen LogP contribution in [-0.2, 0) is 0 Å². The van der Waals surface area contributed by atoms with E-state index in [-0.39, 0.29) is 12.4 Å². The molecule has 2 nitrogen and oxygen atoms in total. The van der Waals surface area contributed by atoms with E-state index in [0.717, 1.165) is 11.2 Å². The van der Waals surface area contributed by atoms with Crippen LogP contribution in [0.5, 0.6) is 0 Å². The molecule has 15 heavy (non-hydrogen) atoms. The molecule has 2 fully saturated rings. The molecule has 1 atom stereocenters. The first-order valence-electron chi connectivity index (χ1n) is 5.89. The summed E-state index contributed by atoms with van der Waals surface area (Å²) in [5, 5.41) is 4.29. The van der Waals surface area contributed by atoms with Crippen molar-refractivity contribution in [2.75, 3.05) is 38.5 Å². The van der Waals surface area contributed by atoms with E-state index in [0.29, 0.717) is 0 Å². The molecule has 2 saturated heterocycles. The van der Waals surface area contributed by atoms with E-state index in [4.69, 9.17) is 0 Å². The smallest absolute Gasteiger partial charge is 0.0147 e. The van der Waals surface area contributed by atoms with Crippen molar-refractivity contribution in [1.29, 1.82) is 0 Å². The number of nitrogens with zero attached hydrogens (tertiary/aromatic N) is 1. The Hall–Kier alpha value is 0.560. The minimum Gasteiger partial charge on any atom is -0.317 e. The number of rotatable bonds is 2. The number of thioether (sulfide) groups is 1. The van der Waals surface area contributed by atoms with E-state index in [2.05, 4.69) is 28.9 Å². The Morgan fingerprint density at radius 1 is 1.33 bits per heavy atom. The number of halogens is 1. The summed E-state index contributed by atoms with van der Waals surface area (Å²) in [5.74, 6) is 2.30. The largest absolute Gasteiger partial charge is 0.317 e.